The molecule has 0 spiro atoms. The molecule has 0 bridgehead atoms. The van der Waals surface area contributed by atoms with E-state index in [0.717, 1.165) is 32.5 Å². The quantitative estimate of drug-likeness (QED) is 0.515. The van der Waals surface area contributed by atoms with Crippen LogP contribution in [0.25, 0.3) is 0 Å². The van der Waals surface area contributed by atoms with Crippen molar-refractivity contribution in [1.82, 2.24) is 5.43 Å². The second-order valence-electron chi connectivity index (χ2n) is 4.23. The van der Waals surface area contributed by atoms with Gasteiger partial charge in [0.15, 0.2) is 0 Å². The Labute approximate surface area is 92.5 Å². The lowest BCUT2D eigenvalue weighted by Crippen LogP contribution is -2.51. The molecule has 3 atom stereocenters. The van der Waals surface area contributed by atoms with Gasteiger partial charge < -0.3 is 9.47 Å². The SMILES string of the molecule is CCCC(OC)C(NN)C1CCCOC1. The Kier molecular flexibility index (Phi) is 6.17. The van der Waals surface area contributed by atoms with Crippen molar-refractivity contribution < 1.29 is 9.47 Å². The number of hydrazine groups is 1. The molecule has 0 amide bonds. The van der Waals surface area contributed by atoms with Crippen LogP contribution in [-0.4, -0.2) is 32.5 Å². The van der Waals surface area contributed by atoms with Gasteiger partial charge in [-0.1, -0.05) is 13.3 Å². The van der Waals surface area contributed by atoms with Crippen LogP contribution in [-0.2, 0) is 9.47 Å². The monoisotopic (exact) mass is 216 g/mol. The number of nitrogens with one attached hydrogen (secondary N) is 1. The average Bonchev–Trinajstić information content (AvgIpc) is 2.30. The van der Waals surface area contributed by atoms with Gasteiger partial charge >= 0.3 is 0 Å². The van der Waals surface area contributed by atoms with Crippen LogP contribution >= 0.6 is 0 Å². The molecule has 1 aliphatic rings. The minimum Gasteiger partial charge on any atom is -0.381 e. The van der Waals surface area contributed by atoms with Crippen molar-refractivity contribution in [3.8, 4) is 0 Å². The minimum atomic E-state index is 0.201. The molecule has 0 aliphatic carbocycles. The summed E-state index contributed by atoms with van der Waals surface area (Å²) in [6.07, 6.45) is 4.67. The first-order chi connectivity index (χ1) is 7.33. The van der Waals surface area contributed by atoms with Crippen molar-refractivity contribution in [3.63, 3.8) is 0 Å². The van der Waals surface area contributed by atoms with Crippen LogP contribution in [0.5, 0.6) is 0 Å². The van der Waals surface area contributed by atoms with Gasteiger partial charge in [-0.25, -0.2) is 0 Å². The van der Waals surface area contributed by atoms with Gasteiger partial charge in [0.2, 0.25) is 0 Å². The second kappa shape index (κ2) is 7.17. The zero-order valence-corrected chi connectivity index (χ0v) is 9.87. The van der Waals surface area contributed by atoms with E-state index in [2.05, 4.69) is 12.3 Å². The molecule has 1 heterocycles. The van der Waals surface area contributed by atoms with E-state index in [1.54, 1.807) is 7.11 Å². The first-order valence-corrected chi connectivity index (χ1v) is 5.90. The Morgan fingerprint density at radius 2 is 2.40 bits per heavy atom. The van der Waals surface area contributed by atoms with Crippen molar-refractivity contribution in [1.29, 1.82) is 0 Å². The number of methoxy groups -OCH3 is 1. The van der Waals surface area contributed by atoms with Gasteiger partial charge in [0.25, 0.3) is 0 Å². The van der Waals surface area contributed by atoms with Crippen LogP contribution in [0.3, 0.4) is 0 Å². The first-order valence-electron chi connectivity index (χ1n) is 5.90. The summed E-state index contributed by atoms with van der Waals surface area (Å²) in [5.41, 5.74) is 2.90. The molecular weight excluding hydrogens is 192 g/mol. The molecular formula is C11H24N2O2. The molecule has 15 heavy (non-hydrogen) atoms. The van der Waals surface area contributed by atoms with Crippen LogP contribution in [0.2, 0.25) is 0 Å². The van der Waals surface area contributed by atoms with E-state index in [4.69, 9.17) is 15.3 Å². The van der Waals surface area contributed by atoms with Crippen LogP contribution in [0.4, 0.5) is 0 Å². The first kappa shape index (κ1) is 12.9. The molecule has 0 aromatic heterocycles. The maximum Gasteiger partial charge on any atom is 0.0741 e. The van der Waals surface area contributed by atoms with E-state index < -0.39 is 0 Å². The molecule has 4 heteroatoms. The Bertz CT molecular complexity index is 156. The van der Waals surface area contributed by atoms with Crippen molar-refractivity contribution in [3.05, 3.63) is 0 Å². The molecule has 90 valence electrons. The second-order valence-corrected chi connectivity index (χ2v) is 4.23. The van der Waals surface area contributed by atoms with Crippen molar-refractivity contribution in [2.45, 2.75) is 44.8 Å². The zero-order valence-electron chi connectivity index (χ0n) is 9.87. The molecule has 1 aliphatic heterocycles. The summed E-state index contributed by atoms with van der Waals surface area (Å²) < 4.78 is 11.0. The minimum absolute atomic E-state index is 0.201. The summed E-state index contributed by atoms with van der Waals surface area (Å²) in [4.78, 5) is 0. The third-order valence-corrected chi connectivity index (χ3v) is 3.17. The van der Waals surface area contributed by atoms with E-state index in [0.29, 0.717) is 5.92 Å². The van der Waals surface area contributed by atoms with E-state index in [-0.39, 0.29) is 12.1 Å². The van der Waals surface area contributed by atoms with E-state index in [1.165, 1.54) is 6.42 Å². The molecule has 0 radical (unpaired) electrons. The van der Waals surface area contributed by atoms with Crippen LogP contribution in [0.1, 0.15) is 32.6 Å². The standard InChI is InChI=1S/C11H24N2O2/c1-3-5-10(14-2)11(13-12)9-6-4-7-15-8-9/h9-11,13H,3-8,12H2,1-2H3. The Morgan fingerprint density at radius 1 is 1.60 bits per heavy atom. The van der Waals surface area contributed by atoms with E-state index in [1.807, 2.05) is 0 Å². The number of nitrogens with two attached hydrogens (primary N) is 1. The zero-order chi connectivity index (χ0) is 11.1. The predicted octanol–water partition coefficient (Wildman–Crippen LogP) is 1.06. The molecule has 3 N–H and O–H groups in total. The highest BCUT2D eigenvalue weighted by Crippen LogP contribution is 2.22. The lowest BCUT2D eigenvalue weighted by atomic mass is 9.89. The molecule has 0 aromatic carbocycles. The summed E-state index contributed by atoms with van der Waals surface area (Å²) >= 11 is 0. The maximum absolute atomic E-state index is 5.62. The Balaban J connectivity index is 2.50. The van der Waals surface area contributed by atoms with Crippen LogP contribution in [0, 0.1) is 5.92 Å². The topological polar surface area (TPSA) is 56.5 Å². The van der Waals surface area contributed by atoms with Gasteiger partial charge in [-0.05, 0) is 19.3 Å². The van der Waals surface area contributed by atoms with E-state index >= 15 is 0 Å². The van der Waals surface area contributed by atoms with Gasteiger partial charge in [-0.2, -0.15) is 0 Å². The van der Waals surface area contributed by atoms with Gasteiger partial charge in [-0.15, -0.1) is 0 Å². The molecule has 4 nitrogen and oxygen atoms in total. The summed E-state index contributed by atoms with van der Waals surface area (Å²) in [5, 5.41) is 0. The van der Waals surface area contributed by atoms with Crippen molar-refractivity contribution in [2.24, 2.45) is 11.8 Å². The third kappa shape index (κ3) is 3.72. The maximum atomic E-state index is 5.62. The lowest BCUT2D eigenvalue weighted by Gasteiger charge is -2.34. The van der Waals surface area contributed by atoms with Gasteiger partial charge in [-0.3, -0.25) is 11.3 Å². The molecule has 0 saturated carbocycles. The fourth-order valence-electron chi connectivity index (χ4n) is 2.32. The summed E-state index contributed by atoms with van der Waals surface area (Å²) in [7, 11) is 1.76. The number of hydrogen-bond donors (Lipinski definition) is 2. The third-order valence-electron chi connectivity index (χ3n) is 3.17. The Morgan fingerprint density at radius 3 is 2.87 bits per heavy atom. The van der Waals surface area contributed by atoms with E-state index in [9.17, 15) is 0 Å². The molecule has 1 saturated heterocycles. The highest BCUT2D eigenvalue weighted by atomic mass is 16.5. The summed E-state index contributed by atoms with van der Waals surface area (Å²) in [5.74, 6) is 6.11. The summed E-state index contributed by atoms with van der Waals surface area (Å²) in [6, 6.07) is 0.218. The molecule has 1 rings (SSSR count). The highest BCUT2D eigenvalue weighted by Gasteiger charge is 2.29. The molecule has 0 aromatic rings. The average molecular weight is 216 g/mol. The lowest BCUT2D eigenvalue weighted by molar-refractivity contribution is -0.0123. The highest BCUT2D eigenvalue weighted by molar-refractivity contribution is 4.83. The number of ether oxygens (including phenoxy) is 2. The Hall–Kier alpha value is -0.160. The van der Waals surface area contributed by atoms with Crippen LogP contribution < -0.4 is 11.3 Å². The smallest absolute Gasteiger partial charge is 0.0741 e. The largest absolute Gasteiger partial charge is 0.381 e. The fraction of sp³-hybridized carbons (Fsp3) is 1.00. The van der Waals surface area contributed by atoms with Crippen molar-refractivity contribution in [2.75, 3.05) is 20.3 Å². The fourth-order valence-corrected chi connectivity index (χ4v) is 2.32. The number of rotatable bonds is 6. The van der Waals surface area contributed by atoms with Gasteiger partial charge in [0.05, 0.1) is 18.8 Å². The van der Waals surface area contributed by atoms with Crippen molar-refractivity contribution >= 4 is 0 Å². The predicted molar refractivity (Wildman–Crippen MR) is 60.4 cm³/mol. The summed E-state index contributed by atoms with van der Waals surface area (Å²) in [6.45, 7) is 3.86. The van der Waals surface area contributed by atoms with Gasteiger partial charge in [0.1, 0.15) is 0 Å². The number of hydrogen-bond acceptors (Lipinski definition) is 4. The van der Waals surface area contributed by atoms with Gasteiger partial charge in [0, 0.05) is 19.6 Å². The normalized spacial score (nSPS) is 26.2. The van der Waals surface area contributed by atoms with Crippen LogP contribution in [0.15, 0.2) is 0 Å². The molecule has 3 unspecified atom stereocenters. The molecule has 1 fully saturated rings.